The van der Waals surface area contributed by atoms with Crippen LogP contribution in [0.25, 0.3) is 0 Å². The highest BCUT2D eigenvalue weighted by Gasteiger charge is 2.08. The maximum Gasteiger partial charge on any atom is 0.288 e. The third-order valence-corrected chi connectivity index (χ3v) is 3.84. The van der Waals surface area contributed by atoms with E-state index in [2.05, 4.69) is 31.3 Å². The third kappa shape index (κ3) is 3.97. The summed E-state index contributed by atoms with van der Waals surface area (Å²) in [5, 5.41) is 3.38. The fourth-order valence-corrected chi connectivity index (χ4v) is 2.63. The van der Waals surface area contributed by atoms with Crippen LogP contribution in [0.4, 0.5) is 14.5 Å². The Labute approximate surface area is 122 Å². The standard InChI is InChI=1S/C16H17F2NS/c1-11-5-3-4-6-15(11)12(2)19-13-7-9-14(10-8-13)20-16(17)18/h3-10,12,16,19H,1-2H3. The minimum atomic E-state index is -2.38. The highest BCUT2D eigenvalue weighted by molar-refractivity contribution is 7.99. The second-order valence-electron chi connectivity index (χ2n) is 4.63. The van der Waals surface area contributed by atoms with Gasteiger partial charge in [0.1, 0.15) is 0 Å². The van der Waals surface area contributed by atoms with Crippen molar-refractivity contribution in [2.75, 3.05) is 5.32 Å². The van der Waals surface area contributed by atoms with Gasteiger partial charge < -0.3 is 5.32 Å². The molecule has 0 amide bonds. The third-order valence-electron chi connectivity index (χ3n) is 3.12. The van der Waals surface area contributed by atoms with E-state index in [0.29, 0.717) is 16.7 Å². The predicted octanol–water partition coefficient (Wildman–Crippen LogP) is 5.48. The van der Waals surface area contributed by atoms with Gasteiger partial charge in [-0.15, -0.1) is 0 Å². The molecule has 0 aliphatic heterocycles. The lowest BCUT2D eigenvalue weighted by Crippen LogP contribution is -2.07. The number of anilines is 1. The van der Waals surface area contributed by atoms with E-state index >= 15 is 0 Å². The summed E-state index contributed by atoms with van der Waals surface area (Å²) < 4.78 is 24.5. The molecule has 1 atom stereocenters. The SMILES string of the molecule is Cc1ccccc1C(C)Nc1ccc(SC(F)F)cc1. The van der Waals surface area contributed by atoms with Crippen molar-refractivity contribution in [2.24, 2.45) is 0 Å². The smallest absolute Gasteiger partial charge is 0.288 e. The molecule has 0 heterocycles. The van der Waals surface area contributed by atoms with Crippen LogP contribution in [0.1, 0.15) is 24.1 Å². The van der Waals surface area contributed by atoms with Gasteiger partial charge in [0.2, 0.25) is 0 Å². The van der Waals surface area contributed by atoms with E-state index < -0.39 is 5.76 Å². The molecule has 106 valence electrons. The van der Waals surface area contributed by atoms with Gasteiger partial charge in [0.25, 0.3) is 5.76 Å². The van der Waals surface area contributed by atoms with E-state index in [1.165, 1.54) is 11.1 Å². The Morgan fingerprint density at radius 3 is 2.25 bits per heavy atom. The number of hydrogen-bond donors (Lipinski definition) is 1. The average Bonchev–Trinajstić information content (AvgIpc) is 2.41. The van der Waals surface area contributed by atoms with Gasteiger partial charge in [-0.3, -0.25) is 0 Å². The first kappa shape index (κ1) is 14.9. The summed E-state index contributed by atoms with van der Waals surface area (Å²) in [5.41, 5.74) is 3.40. The quantitative estimate of drug-likeness (QED) is 0.732. The Hall–Kier alpha value is -1.55. The molecular formula is C16H17F2NS. The van der Waals surface area contributed by atoms with Crippen LogP contribution in [0.5, 0.6) is 0 Å². The molecule has 0 fully saturated rings. The Kier molecular flexibility index (Phi) is 5.01. The molecule has 2 aromatic rings. The number of nitrogens with one attached hydrogen (secondary N) is 1. The Bertz CT molecular complexity index is 555. The summed E-state index contributed by atoms with van der Waals surface area (Å²) in [6, 6.07) is 15.5. The van der Waals surface area contributed by atoms with Crippen molar-refractivity contribution < 1.29 is 8.78 Å². The minimum absolute atomic E-state index is 0.171. The molecule has 0 saturated heterocycles. The first-order valence-electron chi connectivity index (χ1n) is 6.43. The van der Waals surface area contributed by atoms with Crippen LogP contribution in [0.15, 0.2) is 53.4 Å². The molecule has 1 N–H and O–H groups in total. The molecule has 0 aliphatic carbocycles. The van der Waals surface area contributed by atoms with E-state index in [4.69, 9.17) is 0 Å². The van der Waals surface area contributed by atoms with Crippen molar-refractivity contribution in [3.63, 3.8) is 0 Å². The van der Waals surface area contributed by atoms with Gasteiger partial charge in [0.05, 0.1) is 0 Å². The van der Waals surface area contributed by atoms with Crippen LogP contribution in [-0.2, 0) is 0 Å². The molecule has 4 heteroatoms. The van der Waals surface area contributed by atoms with Crippen LogP contribution >= 0.6 is 11.8 Å². The summed E-state index contributed by atoms with van der Waals surface area (Å²) in [7, 11) is 0. The van der Waals surface area contributed by atoms with Crippen LogP contribution in [0.3, 0.4) is 0 Å². The molecule has 0 aromatic heterocycles. The first-order valence-corrected chi connectivity index (χ1v) is 7.31. The lowest BCUT2D eigenvalue weighted by Gasteiger charge is -2.18. The highest BCUT2D eigenvalue weighted by Crippen LogP contribution is 2.27. The molecule has 0 aliphatic rings. The maximum atomic E-state index is 12.2. The van der Waals surface area contributed by atoms with Crippen molar-refractivity contribution in [3.05, 3.63) is 59.7 Å². The first-order chi connectivity index (χ1) is 9.56. The van der Waals surface area contributed by atoms with E-state index in [1.807, 2.05) is 24.3 Å². The zero-order valence-electron chi connectivity index (χ0n) is 11.4. The molecule has 20 heavy (non-hydrogen) atoms. The fourth-order valence-electron chi connectivity index (χ4n) is 2.13. The zero-order valence-corrected chi connectivity index (χ0v) is 12.3. The Balaban J connectivity index is 2.05. The van der Waals surface area contributed by atoms with E-state index in [-0.39, 0.29) is 6.04 Å². The molecule has 2 rings (SSSR count). The minimum Gasteiger partial charge on any atom is -0.379 e. The van der Waals surface area contributed by atoms with Crippen molar-refractivity contribution in [1.29, 1.82) is 0 Å². The van der Waals surface area contributed by atoms with Crippen LogP contribution in [0.2, 0.25) is 0 Å². The van der Waals surface area contributed by atoms with E-state index in [0.717, 1.165) is 5.69 Å². The van der Waals surface area contributed by atoms with Crippen LogP contribution in [0, 0.1) is 6.92 Å². The number of thioether (sulfide) groups is 1. The van der Waals surface area contributed by atoms with E-state index in [9.17, 15) is 8.78 Å². The van der Waals surface area contributed by atoms with Gasteiger partial charge in [-0.2, -0.15) is 8.78 Å². The number of hydrogen-bond acceptors (Lipinski definition) is 2. The monoisotopic (exact) mass is 293 g/mol. The van der Waals surface area contributed by atoms with Crippen molar-refractivity contribution in [2.45, 2.75) is 30.5 Å². The predicted molar refractivity (Wildman–Crippen MR) is 81.5 cm³/mol. The number of halogens is 2. The molecule has 1 unspecified atom stereocenters. The van der Waals surface area contributed by atoms with Crippen LogP contribution in [-0.4, -0.2) is 5.76 Å². The molecule has 0 saturated carbocycles. The molecule has 1 nitrogen and oxygen atoms in total. The van der Waals surface area contributed by atoms with Crippen molar-refractivity contribution >= 4 is 17.4 Å². The summed E-state index contributed by atoms with van der Waals surface area (Å²) in [6.45, 7) is 4.17. The second-order valence-corrected chi connectivity index (χ2v) is 5.69. The average molecular weight is 293 g/mol. The van der Waals surface area contributed by atoms with Crippen molar-refractivity contribution in [3.8, 4) is 0 Å². The fraction of sp³-hybridized carbons (Fsp3) is 0.250. The normalized spacial score (nSPS) is 12.4. The second kappa shape index (κ2) is 6.75. The summed E-state index contributed by atoms with van der Waals surface area (Å²) >= 11 is 0.564. The topological polar surface area (TPSA) is 12.0 Å². The van der Waals surface area contributed by atoms with Gasteiger partial charge >= 0.3 is 0 Å². The van der Waals surface area contributed by atoms with Crippen molar-refractivity contribution in [1.82, 2.24) is 0 Å². The lowest BCUT2D eigenvalue weighted by atomic mass is 10.0. The number of rotatable bonds is 5. The molecule has 0 radical (unpaired) electrons. The number of aryl methyl sites for hydroxylation is 1. The largest absolute Gasteiger partial charge is 0.379 e. The number of alkyl halides is 2. The molecule has 0 bridgehead atoms. The Morgan fingerprint density at radius 1 is 1.00 bits per heavy atom. The van der Waals surface area contributed by atoms with Gasteiger partial charge in [-0.05, 0) is 49.2 Å². The maximum absolute atomic E-state index is 12.2. The molecular weight excluding hydrogens is 276 g/mol. The van der Waals surface area contributed by atoms with Crippen LogP contribution < -0.4 is 5.32 Å². The van der Waals surface area contributed by atoms with E-state index in [1.54, 1.807) is 12.1 Å². The van der Waals surface area contributed by atoms with Gasteiger partial charge in [-0.25, -0.2) is 0 Å². The Morgan fingerprint density at radius 2 is 1.65 bits per heavy atom. The number of benzene rings is 2. The summed E-state index contributed by atoms with van der Waals surface area (Å²) in [6.07, 6.45) is 0. The summed E-state index contributed by atoms with van der Waals surface area (Å²) in [4.78, 5) is 0.578. The van der Waals surface area contributed by atoms with Gasteiger partial charge in [-0.1, -0.05) is 36.0 Å². The zero-order chi connectivity index (χ0) is 14.5. The lowest BCUT2D eigenvalue weighted by molar-refractivity contribution is 0.252. The summed E-state index contributed by atoms with van der Waals surface area (Å²) in [5.74, 6) is -2.38. The van der Waals surface area contributed by atoms with Gasteiger partial charge in [0, 0.05) is 16.6 Å². The van der Waals surface area contributed by atoms with Gasteiger partial charge in [0.15, 0.2) is 0 Å². The highest BCUT2D eigenvalue weighted by atomic mass is 32.2. The molecule has 0 spiro atoms. The molecule has 2 aromatic carbocycles.